The van der Waals surface area contributed by atoms with Crippen molar-refractivity contribution < 1.29 is 4.79 Å². The van der Waals surface area contributed by atoms with Gasteiger partial charge in [0.1, 0.15) is 12.0 Å². The second kappa shape index (κ2) is 6.83. The van der Waals surface area contributed by atoms with E-state index in [-0.39, 0.29) is 5.91 Å². The van der Waals surface area contributed by atoms with E-state index in [0.29, 0.717) is 40.0 Å². The molecule has 1 aliphatic rings. The Morgan fingerprint density at radius 2 is 1.85 bits per heavy atom. The number of halogens is 2. The second-order valence-corrected chi connectivity index (χ2v) is 7.11. The number of piperazine rings is 1. The molecule has 0 saturated carbocycles. The molecule has 0 radical (unpaired) electrons. The van der Waals surface area contributed by atoms with Crippen molar-refractivity contribution in [3.05, 3.63) is 46.3 Å². The summed E-state index contributed by atoms with van der Waals surface area (Å²) in [5.74, 6) is -0.111. The van der Waals surface area contributed by atoms with Crippen LogP contribution in [0.15, 0.2) is 30.6 Å². The Kier molecular flexibility index (Phi) is 4.52. The number of nitrogens with zero attached hydrogens (tertiary/aromatic N) is 6. The molecular weight excluding hydrogens is 375 g/mol. The SMILES string of the molecule is CN1CCN(C(=O)c2cc(-c3ccc(Cl)cc3Cl)c3nncn3n2)CC1. The van der Waals surface area contributed by atoms with Crippen LogP contribution in [0.25, 0.3) is 16.8 Å². The van der Waals surface area contributed by atoms with E-state index in [1.54, 1.807) is 24.3 Å². The number of hydrogen-bond acceptors (Lipinski definition) is 5. The van der Waals surface area contributed by atoms with Crippen molar-refractivity contribution in [1.82, 2.24) is 29.6 Å². The number of fused-ring (bicyclic) bond motifs is 1. The summed E-state index contributed by atoms with van der Waals surface area (Å²) >= 11 is 12.4. The van der Waals surface area contributed by atoms with Crippen LogP contribution in [0.1, 0.15) is 10.5 Å². The van der Waals surface area contributed by atoms with E-state index in [2.05, 4.69) is 20.2 Å². The molecule has 4 rings (SSSR count). The van der Waals surface area contributed by atoms with Gasteiger partial charge in [-0.1, -0.05) is 29.3 Å². The monoisotopic (exact) mass is 390 g/mol. The molecule has 1 aromatic carbocycles. The second-order valence-electron chi connectivity index (χ2n) is 6.26. The van der Waals surface area contributed by atoms with Gasteiger partial charge in [0.15, 0.2) is 5.65 Å². The van der Waals surface area contributed by atoms with Crippen molar-refractivity contribution in [2.45, 2.75) is 0 Å². The number of carbonyl (C=O) groups is 1. The van der Waals surface area contributed by atoms with Crippen LogP contribution in [0, 0.1) is 0 Å². The molecule has 9 heteroatoms. The summed E-state index contributed by atoms with van der Waals surface area (Å²) < 4.78 is 1.50. The largest absolute Gasteiger partial charge is 0.335 e. The molecule has 0 N–H and O–H groups in total. The van der Waals surface area contributed by atoms with Crippen LogP contribution < -0.4 is 0 Å². The van der Waals surface area contributed by atoms with Crippen LogP contribution in [-0.2, 0) is 0 Å². The maximum Gasteiger partial charge on any atom is 0.274 e. The molecule has 3 heterocycles. The summed E-state index contributed by atoms with van der Waals surface area (Å²) in [6, 6.07) is 6.93. The molecule has 0 spiro atoms. The van der Waals surface area contributed by atoms with Crippen LogP contribution >= 0.6 is 23.2 Å². The molecule has 7 nitrogen and oxygen atoms in total. The van der Waals surface area contributed by atoms with E-state index in [9.17, 15) is 4.79 Å². The molecule has 0 atom stereocenters. The third-order valence-electron chi connectivity index (χ3n) is 4.50. The highest BCUT2D eigenvalue weighted by atomic mass is 35.5. The van der Waals surface area contributed by atoms with Crippen LogP contribution in [0.4, 0.5) is 0 Å². The maximum absolute atomic E-state index is 12.9. The lowest BCUT2D eigenvalue weighted by atomic mass is 10.1. The molecule has 2 aromatic heterocycles. The third-order valence-corrected chi connectivity index (χ3v) is 5.05. The topological polar surface area (TPSA) is 66.6 Å². The van der Waals surface area contributed by atoms with Gasteiger partial charge < -0.3 is 9.80 Å². The minimum Gasteiger partial charge on any atom is -0.335 e. The quantitative estimate of drug-likeness (QED) is 0.672. The van der Waals surface area contributed by atoms with Gasteiger partial charge in [-0.25, -0.2) is 0 Å². The smallest absolute Gasteiger partial charge is 0.274 e. The van der Waals surface area contributed by atoms with E-state index >= 15 is 0 Å². The highest BCUT2D eigenvalue weighted by molar-refractivity contribution is 6.36. The first kappa shape index (κ1) is 17.2. The first-order chi connectivity index (χ1) is 12.5. The van der Waals surface area contributed by atoms with Crippen molar-refractivity contribution in [2.75, 3.05) is 33.2 Å². The van der Waals surface area contributed by atoms with Gasteiger partial charge in [0.05, 0.1) is 5.02 Å². The molecule has 26 heavy (non-hydrogen) atoms. The molecule has 3 aromatic rings. The summed E-state index contributed by atoms with van der Waals surface area (Å²) in [6.07, 6.45) is 1.48. The van der Waals surface area contributed by atoms with Crippen molar-refractivity contribution >= 4 is 34.8 Å². The summed E-state index contributed by atoms with van der Waals surface area (Å²) in [6.45, 7) is 3.04. The maximum atomic E-state index is 12.9. The van der Waals surface area contributed by atoms with E-state index < -0.39 is 0 Å². The van der Waals surface area contributed by atoms with Gasteiger partial charge in [-0.2, -0.15) is 9.61 Å². The molecule has 134 valence electrons. The normalized spacial score (nSPS) is 15.6. The van der Waals surface area contributed by atoms with Crippen LogP contribution in [0.3, 0.4) is 0 Å². The van der Waals surface area contributed by atoms with Crippen molar-refractivity contribution in [3.63, 3.8) is 0 Å². The lowest BCUT2D eigenvalue weighted by Gasteiger charge is -2.32. The van der Waals surface area contributed by atoms with E-state index in [0.717, 1.165) is 18.7 Å². The first-order valence-electron chi connectivity index (χ1n) is 8.17. The number of benzene rings is 1. The molecule has 1 saturated heterocycles. The molecule has 1 aliphatic heterocycles. The summed E-state index contributed by atoms with van der Waals surface area (Å²) in [4.78, 5) is 16.9. The highest BCUT2D eigenvalue weighted by Crippen LogP contribution is 2.32. The first-order valence-corrected chi connectivity index (χ1v) is 8.93. The zero-order valence-electron chi connectivity index (χ0n) is 14.1. The fraction of sp³-hybridized carbons (Fsp3) is 0.294. The Hall–Kier alpha value is -2.22. The van der Waals surface area contributed by atoms with Crippen LogP contribution in [-0.4, -0.2) is 68.7 Å². The molecule has 0 bridgehead atoms. The molecule has 0 unspecified atom stereocenters. The zero-order valence-corrected chi connectivity index (χ0v) is 15.6. The van der Waals surface area contributed by atoms with Crippen molar-refractivity contribution in [1.29, 1.82) is 0 Å². The number of amides is 1. The fourth-order valence-electron chi connectivity index (χ4n) is 3.01. The lowest BCUT2D eigenvalue weighted by molar-refractivity contribution is 0.0657. The minimum absolute atomic E-state index is 0.111. The van der Waals surface area contributed by atoms with Crippen LogP contribution in [0.5, 0.6) is 0 Å². The Bertz CT molecular complexity index is 981. The molecular formula is C17H16Cl2N6O. The summed E-state index contributed by atoms with van der Waals surface area (Å²) in [5.41, 5.74) is 2.28. The summed E-state index contributed by atoms with van der Waals surface area (Å²) in [7, 11) is 2.05. The highest BCUT2D eigenvalue weighted by Gasteiger charge is 2.23. The Labute approximate surface area is 160 Å². The van der Waals surface area contributed by atoms with Gasteiger partial charge in [-0.15, -0.1) is 10.2 Å². The predicted molar refractivity (Wildman–Crippen MR) is 99.6 cm³/mol. The molecule has 1 amide bonds. The molecule has 0 aliphatic carbocycles. The van der Waals surface area contributed by atoms with Gasteiger partial charge in [0.25, 0.3) is 5.91 Å². The van der Waals surface area contributed by atoms with Crippen LogP contribution in [0.2, 0.25) is 10.0 Å². The van der Waals surface area contributed by atoms with Gasteiger partial charge in [0.2, 0.25) is 0 Å². The molecule has 1 fully saturated rings. The third kappa shape index (κ3) is 3.13. The predicted octanol–water partition coefficient (Wildman–Crippen LogP) is 2.49. The number of rotatable bonds is 2. The van der Waals surface area contributed by atoms with Gasteiger partial charge >= 0.3 is 0 Å². The average Bonchev–Trinajstić information content (AvgIpc) is 3.10. The minimum atomic E-state index is -0.111. The summed E-state index contributed by atoms with van der Waals surface area (Å²) in [5, 5.41) is 13.4. The fourth-order valence-corrected chi connectivity index (χ4v) is 3.52. The van der Waals surface area contributed by atoms with E-state index in [1.165, 1.54) is 10.8 Å². The number of hydrogen-bond donors (Lipinski definition) is 0. The van der Waals surface area contributed by atoms with Gasteiger partial charge in [-0.3, -0.25) is 4.79 Å². The Balaban J connectivity index is 1.79. The average molecular weight is 391 g/mol. The zero-order chi connectivity index (χ0) is 18.3. The van der Waals surface area contributed by atoms with Gasteiger partial charge in [-0.05, 0) is 25.2 Å². The van der Waals surface area contributed by atoms with E-state index in [1.807, 2.05) is 11.9 Å². The van der Waals surface area contributed by atoms with E-state index in [4.69, 9.17) is 23.2 Å². The Morgan fingerprint density at radius 1 is 1.08 bits per heavy atom. The van der Waals surface area contributed by atoms with Gasteiger partial charge in [0, 0.05) is 42.3 Å². The number of likely N-dealkylation sites (N-methyl/N-ethyl adjacent to an activating group) is 1. The van der Waals surface area contributed by atoms with Crippen molar-refractivity contribution in [2.24, 2.45) is 0 Å². The lowest BCUT2D eigenvalue weighted by Crippen LogP contribution is -2.47. The Morgan fingerprint density at radius 3 is 2.58 bits per heavy atom. The standard InChI is InChI=1S/C17H16Cl2N6O/c1-23-4-6-24(7-5-23)17(26)15-9-13(16-21-20-10-25(16)22-15)12-3-2-11(18)8-14(12)19/h2-3,8-10H,4-7H2,1H3. The number of carbonyl (C=O) groups excluding carboxylic acids is 1. The number of aromatic nitrogens is 4. The van der Waals surface area contributed by atoms with Crippen molar-refractivity contribution in [3.8, 4) is 11.1 Å².